The predicted octanol–water partition coefficient (Wildman–Crippen LogP) is 4.59. The Morgan fingerprint density at radius 1 is 1.03 bits per heavy atom. The van der Waals surface area contributed by atoms with E-state index in [1.54, 1.807) is 6.07 Å². The number of hydrazine groups is 1. The molecule has 1 aliphatic rings. The minimum atomic E-state index is -4.44. The molecule has 3 amide bonds. The number of alkyl halides is 3. The second kappa shape index (κ2) is 12.2. The fourth-order valence-corrected chi connectivity index (χ4v) is 4.57. The molecule has 1 saturated heterocycles. The van der Waals surface area contributed by atoms with Crippen LogP contribution in [0.3, 0.4) is 0 Å². The van der Waals surface area contributed by atoms with Gasteiger partial charge in [-0.3, -0.25) is 15.1 Å². The van der Waals surface area contributed by atoms with Crippen molar-refractivity contribution in [3.8, 4) is 0 Å². The number of carbonyl (C=O) groups is 2. The van der Waals surface area contributed by atoms with E-state index >= 15 is 0 Å². The first-order valence-electron chi connectivity index (χ1n) is 11.6. The van der Waals surface area contributed by atoms with Gasteiger partial charge in [0.05, 0.1) is 16.3 Å². The lowest BCUT2D eigenvalue weighted by Crippen LogP contribution is -2.52. The summed E-state index contributed by atoms with van der Waals surface area (Å²) in [6.07, 6.45) is -2.05. The number of pyridine rings is 1. The summed E-state index contributed by atoms with van der Waals surface area (Å²) in [5.74, 6) is 0.0634. The fraction of sp³-hybridized carbons (Fsp3) is 0.320. The maximum atomic E-state index is 12.6. The number of carbonyl (C=O) groups excluding carboxylic acids is 2. The van der Waals surface area contributed by atoms with Gasteiger partial charge in [-0.1, -0.05) is 42.1 Å². The Labute approximate surface area is 216 Å². The van der Waals surface area contributed by atoms with Gasteiger partial charge in [-0.25, -0.2) is 15.2 Å². The number of amides is 3. The van der Waals surface area contributed by atoms with Crippen molar-refractivity contribution in [2.75, 3.05) is 13.1 Å². The molecule has 2 aromatic heterocycles. The number of likely N-dealkylation sites (tertiary alicyclic amines) is 1. The molecule has 0 atom stereocenters. The van der Waals surface area contributed by atoms with Gasteiger partial charge >= 0.3 is 18.1 Å². The summed E-state index contributed by atoms with van der Waals surface area (Å²) in [4.78, 5) is 30.6. The highest BCUT2D eigenvalue weighted by atomic mass is 32.2. The first kappa shape index (κ1) is 26.6. The van der Waals surface area contributed by atoms with E-state index in [0.717, 1.165) is 44.7 Å². The molecule has 0 saturated carbocycles. The number of hydrogen-bond donors (Lipinski definition) is 3. The Morgan fingerprint density at radius 2 is 1.78 bits per heavy atom. The van der Waals surface area contributed by atoms with Crippen LogP contribution in [0.15, 0.2) is 70.2 Å². The van der Waals surface area contributed by atoms with Gasteiger partial charge in [-0.15, -0.1) is 0 Å². The average Bonchev–Trinajstić information content (AvgIpc) is 3.37. The van der Waals surface area contributed by atoms with Gasteiger partial charge in [0.2, 0.25) is 0 Å². The number of benzene rings is 1. The molecule has 3 aromatic rings. The quantitative estimate of drug-likeness (QED) is 0.304. The zero-order valence-corrected chi connectivity index (χ0v) is 20.6. The van der Waals surface area contributed by atoms with Gasteiger partial charge in [0, 0.05) is 31.9 Å². The van der Waals surface area contributed by atoms with Gasteiger partial charge in [-0.05, 0) is 42.7 Å². The molecular formula is C25H26F3N5O3S. The Morgan fingerprint density at radius 3 is 2.46 bits per heavy atom. The molecule has 0 bridgehead atoms. The van der Waals surface area contributed by atoms with Crippen LogP contribution in [0.2, 0.25) is 0 Å². The van der Waals surface area contributed by atoms with Gasteiger partial charge in [0.15, 0.2) is 5.76 Å². The lowest BCUT2D eigenvalue weighted by molar-refractivity contribution is -0.137. The average molecular weight is 534 g/mol. The van der Waals surface area contributed by atoms with Crippen molar-refractivity contribution in [1.29, 1.82) is 0 Å². The molecule has 8 nitrogen and oxygen atoms in total. The number of urea groups is 1. The Kier molecular flexibility index (Phi) is 8.72. The molecule has 0 aliphatic carbocycles. The highest BCUT2D eigenvalue weighted by Crippen LogP contribution is 2.30. The van der Waals surface area contributed by atoms with Crippen LogP contribution in [0.25, 0.3) is 0 Å². The Balaban J connectivity index is 1.15. The normalized spacial score (nSPS) is 14.8. The summed E-state index contributed by atoms with van der Waals surface area (Å²) < 4.78 is 43.4. The van der Waals surface area contributed by atoms with Crippen LogP contribution in [0, 0.1) is 0 Å². The molecule has 12 heteroatoms. The summed E-state index contributed by atoms with van der Waals surface area (Å²) >= 11 is 1.17. The van der Waals surface area contributed by atoms with Crippen molar-refractivity contribution in [3.05, 3.63) is 83.4 Å². The molecule has 1 aliphatic heterocycles. The third kappa shape index (κ3) is 7.99. The van der Waals surface area contributed by atoms with Crippen molar-refractivity contribution >= 4 is 23.7 Å². The number of aromatic nitrogens is 1. The summed E-state index contributed by atoms with van der Waals surface area (Å²) in [5, 5.41) is 3.25. The number of thioether (sulfide) groups is 1. The van der Waals surface area contributed by atoms with Crippen LogP contribution in [0.4, 0.5) is 18.0 Å². The number of nitrogens with zero attached hydrogens (tertiary/aromatic N) is 2. The summed E-state index contributed by atoms with van der Waals surface area (Å²) in [7, 11) is 0. The standard InChI is InChI=1S/C25H26F3N5O3S/c26-25(27,28)18-6-9-22(29-14-18)37-16-20-7-8-21(36-20)23(34)31-32-24(35)30-19-10-12-33(13-11-19)15-17-4-2-1-3-5-17/h1-9,14,19H,10-13,15-16H2,(H,31,34)(H2,30,32,35). The minimum absolute atomic E-state index is 0.00880. The van der Waals surface area contributed by atoms with E-state index in [9.17, 15) is 22.8 Å². The Bertz CT molecular complexity index is 1180. The van der Waals surface area contributed by atoms with Crippen molar-refractivity contribution in [3.63, 3.8) is 0 Å². The zero-order chi connectivity index (χ0) is 26.3. The van der Waals surface area contributed by atoms with Crippen molar-refractivity contribution in [2.24, 2.45) is 0 Å². The van der Waals surface area contributed by atoms with Crippen molar-refractivity contribution in [2.45, 2.75) is 42.4 Å². The predicted molar refractivity (Wildman–Crippen MR) is 131 cm³/mol. The molecule has 3 heterocycles. The molecule has 0 spiro atoms. The number of halogens is 3. The number of nitrogens with one attached hydrogen (secondary N) is 3. The number of hydrogen-bond acceptors (Lipinski definition) is 6. The first-order valence-corrected chi connectivity index (χ1v) is 12.6. The maximum Gasteiger partial charge on any atom is 0.417 e. The highest BCUT2D eigenvalue weighted by Gasteiger charge is 2.30. The van der Waals surface area contributed by atoms with E-state index in [2.05, 4.69) is 38.2 Å². The van der Waals surface area contributed by atoms with Crippen LogP contribution in [0.5, 0.6) is 0 Å². The first-order chi connectivity index (χ1) is 17.8. The molecule has 0 radical (unpaired) electrons. The molecule has 4 rings (SSSR count). The van der Waals surface area contributed by atoms with Crippen LogP contribution < -0.4 is 16.2 Å². The fourth-order valence-electron chi connectivity index (χ4n) is 3.83. The van der Waals surface area contributed by atoms with E-state index in [0.29, 0.717) is 10.8 Å². The van der Waals surface area contributed by atoms with E-state index in [1.165, 1.54) is 29.5 Å². The second-order valence-electron chi connectivity index (χ2n) is 8.53. The van der Waals surface area contributed by atoms with Crippen LogP contribution >= 0.6 is 11.8 Å². The largest absolute Gasteiger partial charge is 0.455 e. The van der Waals surface area contributed by atoms with Gasteiger partial charge in [0.25, 0.3) is 0 Å². The smallest absolute Gasteiger partial charge is 0.417 e. The van der Waals surface area contributed by atoms with E-state index < -0.39 is 23.7 Å². The van der Waals surface area contributed by atoms with Crippen LogP contribution in [-0.4, -0.2) is 41.0 Å². The molecule has 37 heavy (non-hydrogen) atoms. The molecule has 3 N–H and O–H groups in total. The van der Waals surface area contributed by atoms with Crippen molar-refractivity contribution < 1.29 is 27.2 Å². The SMILES string of the molecule is O=C(NNC(=O)c1ccc(CSc2ccc(C(F)(F)F)cn2)o1)NC1CCN(Cc2ccccc2)CC1. The van der Waals surface area contributed by atoms with Crippen LogP contribution in [0.1, 0.15) is 40.3 Å². The monoisotopic (exact) mass is 533 g/mol. The Hall–Kier alpha value is -3.51. The van der Waals surface area contributed by atoms with E-state index in [1.807, 2.05) is 18.2 Å². The lowest BCUT2D eigenvalue weighted by atomic mass is 10.0. The van der Waals surface area contributed by atoms with Gasteiger partial charge < -0.3 is 9.73 Å². The number of furan rings is 1. The topological polar surface area (TPSA) is 99.5 Å². The second-order valence-corrected chi connectivity index (χ2v) is 9.52. The minimum Gasteiger partial charge on any atom is -0.455 e. The highest BCUT2D eigenvalue weighted by molar-refractivity contribution is 7.98. The maximum absolute atomic E-state index is 12.6. The van der Waals surface area contributed by atoms with Gasteiger partial charge in [-0.2, -0.15) is 13.2 Å². The van der Waals surface area contributed by atoms with Crippen molar-refractivity contribution in [1.82, 2.24) is 26.1 Å². The number of piperidine rings is 1. The van der Waals surface area contributed by atoms with E-state index in [-0.39, 0.29) is 17.6 Å². The number of rotatable bonds is 7. The van der Waals surface area contributed by atoms with Crippen LogP contribution in [-0.2, 0) is 18.5 Å². The molecule has 1 aromatic carbocycles. The molecule has 1 fully saturated rings. The van der Waals surface area contributed by atoms with E-state index in [4.69, 9.17) is 4.42 Å². The summed E-state index contributed by atoms with van der Waals surface area (Å²) in [5.41, 5.74) is 5.07. The molecule has 196 valence electrons. The molecule has 0 unspecified atom stereocenters. The summed E-state index contributed by atoms with van der Waals surface area (Å²) in [6, 6.07) is 15.0. The third-order valence-corrected chi connectivity index (χ3v) is 6.74. The third-order valence-electron chi connectivity index (χ3n) is 5.77. The summed E-state index contributed by atoms with van der Waals surface area (Å²) in [6.45, 7) is 2.60. The van der Waals surface area contributed by atoms with Gasteiger partial charge in [0.1, 0.15) is 5.76 Å². The lowest BCUT2D eigenvalue weighted by Gasteiger charge is -2.32. The molecular weight excluding hydrogens is 507 g/mol. The zero-order valence-electron chi connectivity index (χ0n) is 19.8.